The van der Waals surface area contributed by atoms with E-state index in [0.29, 0.717) is 5.56 Å². The lowest BCUT2D eigenvalue weighted by Gasteiger charge is -2.42. The average Bonchev–Trinajstić information content (AvgIpc) is 2.94. The van der Waals surface area contributed by atoms with Crippen LogP contribution in [0.3, 0.4) is 0 Å². The lowest BCUT2D eigenvalue weighted by molar-refractivity contribution is -0.232. The molecule has 10 unspecified atom stereocenters. The first kappa shape index (κ1) is 29.2. The minimum atomic E-state index is -1.97. The number of aliphatic hydroxyl groups excluding tert-OH is 7. The van der Waals surface area contributed by atoms with Gasteiger partial charge in [-0.3, -0.25) is 4.79 Å². The Morgan fingerprint density at radius 3 is 1.93 bits per heavy atom. The van der Waals surface area contributed by atoms with E-state index < -0.39 is 107 Å². The summed E-state index contributed by atoms with van der Waals surface area (Å²) in [7, 11) is 0. The highest BCUT2D eigenvalue weighted by Gasteiger charge is 2.49. The smallest absolute Gasteiger partial charge is 0.197 e. The van der Waals surface area contributed by atoms with E-state index in [9.17, 15) is 55.9 Å². The molecule has 14 nitrogen and oxygen atoms in total. The maximum absolute atomic E-state index is 13.4. The second kappa shape index (κ2) is 10.8. The van der Waals surface area contributed by atoms with Crippen molar-refractivity contribution in [2.45, 2.75) is 68.0 Å². The Balaban J connectivity index is 1.82. The number of aliphatic hydroxyl groups is 7. The fourth-order valence-electron chi connectivity index (χ4n) is 5.34. The molecule has 0 spiro atoms. The molecular formula is C27H30O14. The Morgan fingerprint density at radius 2 is 1.32 bits per heavy atom. The Labute approximate surface area is 231 Å². The molecule has 2 fully saturated rings. The predicted octanol–water partition coefficient (Wildman–Crippen LogP) is -1.37. The van der Waals surface area contributed by atoms with Gasteiger partial charge in [-0.2, -0.15) is 0 Å². The number of phenolic OH excluding ortho intramolecular Hbond substituents is 3. The molecule has 10 atom stereocenters. The second-order valence-corrected chi connectivity index (χ2v) is 10.2. The van der Waals surface area contributed by atoms with Gasteiger partial charge in [-0.25, -0.2) is 0 Å². The Morgan fingerprint density at radius 1 is 0.732 bits per heavy atom. The van der Waals surface area contributed by atoms with E-state index in [1.165, 1.54) is 31.2 Å². The first-order valence-electron chi connectivity index (χ1n) is 12.7. The van der Waals surface area contributed by atoms with Crippen molar-refractivity contribution in [1.29, 1.82) is 0 Å². The largest absolute Gasteiger partial charge is 0.508 e. The third-order valence-corrected chi connectivity index (χ3v) is 7.66. The van der Waals surface area contributed by atoms with Gasteiger partial charge >= 0.3 is 0 Å². The van der Waals surface area contributed by atoms with Gasteiger partial charge in [0.1, 0.15) is 83.3 Å². The first-order valence-corrected chi connectivity index (χ1v) is 12.7. The molecule has 3 aromatic rings. The van der Waals surface area contributed by atoms with Crippen LogP contribution in [-0.4, -0.2) is 107 Å². The number of ether oxygens (including phenoxy) is 2. The molecule has 2 aliphatic rings. The molecule has 2 aliphatic heterocycles. The normalized spacial score (nSPS) is 34.1. The van der Waals surface area contributed by atoms with E-state index in [2.05, 4.69) is 0 Å². The van der Waals surface area contributed by atoms with Crippen molar-refractivity contribution in [1.82, 2.24) is 0 Å². The highest BCUT2D eigenvalue weighted by molar-refractivity contribution is 5.92. The lowest BCUT2D eigenvalue weighted by atomic mass is 9.85. The number of hydrogen-bond acceptors (Lipinski definition) is 14. The van der Waals surface area contributed by atoms with Gasteiger partial charge in [0, 0.05) is 11.6 Å². The van der Waals surface area contributed by atoms with Crippen LogP contribution in [0.4, 0.5) is 0 Å². The Bertz CT molecular complexity index is 1480. The van der Waals surface area contributed by atoms with Crippen molar-refractivity contribution in [3.8, 4) is 28.6 Å². The summed E-state index contributed by atoms with van der Waals surface area (Å²) < 4.78 is 17.2. The van der Waals surface area contributed by atoms with Crippen molar-refractivity contribution < 1.29 is 65.0 Å². The molecule has 5 rings (SSSR count). The number of fused-ring (bicyclic) bond motifs is 1. The molecule has 0 bridgehead atoms. The third kappa shape index (κ3) is 4.72. The maximum atomic E-state index is 13.4. The number of hydrogen-bond donors (Lipinski definition) is 10. The molecule has 0 radical (unpaired) electrons. The summed E-state index contributed by atoms with van der Waals surface area (Å²) in [6, 6.07) is 6.48. The van der Waals surface area contributed by atoms with E-state index in [4.69, 9.17) is 13.9 Å². The maximum Gasteiger partial charge on any atom is 0.197 e. The summed E-state index contributed by atoms with van der Waals surface area (Å²) in [6.45, 7) is 0.540. The quantitative estimate of drug-likeness (QED) is 0.172. The molecule has 0 amide bonds. The van der Waals surface area contributed by atoms with Crippen molar-refractivity contribution in [3.05, 3.63) is 51.7 Å². The van der Waals surface area contributed by atoms with Gasteiger partial charge in [-0.1, -0.05) is 0 Å². The molecule has 0 saturated carbocycles. The van der Waals surface area contributed by atoms with E-state index in [-0.39, 0.29) is 11.5 Å². The molecule has 1 aromatic heterocycles. The molecule has 14 heteroatoms. The summed E-state index contributed by atoms with van der Waals surface area (Å²) >= 11 is 0. The van der Waals surface area contributed by atoms with Crippen LogP contribution in [0.1, 0.15) is 30.3 Å². The van der Waals surface area contributed by atoms with Crippen LogP contribution in [0.2, 0.25) is 0 Å². The topological polar surface area (TPSA) is 251 Å². The number of phenols is 3. The summed E-state index contributed by atoms with van der Waals surface area (Å²) in [4.78, 5) is 13.4. The standard InChI is InChI=1S/C27H30O14/c1-8-17(31)21(35)23(37)26(39-8)15-19(33)14-11(30)6-12(9-2-4-10(29)5-3-9)40-25(14)16(20(15)34)27-24(38)22(36)18(32)13(7-28)41-27/h2-6,8,13,17-18,21-24,26-29,31-38H,7H2,1H3. The number of aromatic hydroxyl groups is 3. The summed E-state index contributed by atoms with van der Waals surface area (Å²) in [5.41, 5.74) is -2.20. The summed E-state index contributed by atoms with van der Waals surface area (Å²) in [5.74, 6) is -2.01. The number of benzene rings is 2. The second-order valence-electron chi connectivity index (χ2n) is 10.2. The Kier molecular flexibility index (Phi) is 7.71. The Hall–Kier alpha value is -3.31. The van der Waals surface area contributed by atoms with E-state index in [0.717, 1.165) is 6.07 Å². The van der Waals surface area contributed by atoms with Gasteiger partial charge < -0.3 is 65.0 Å². The summed E-state index contributed by atoms with van der Waals surface area (Å²) in [6.07, 6.45) is -16.9. The van der Waals surface area contributed by atoms with Crippen molar-refractivity contribution >= 4 is 11.0 Å². The van der Waals surface area contributed by atoms with Gasteiger partial charge in [-0.05, 0) is 31.2 Å². The minimum Gasteiger partial charge on any atom is -0.508 e. The van der Waals surface area contributed by atoms with Crippen LogP contribution in [0.5, 0.6) is 17.2 Å². The van der Waals surface area contributed by atoms with Crippen molar-refractivity contribution in [3.63, 3.8) is 0 Å². The highest BCUT2D eigenvalue weighted by atomic mass is 16.5. The molecule has 222 valence electrons. The third-order valence-electron chi connectivity index (χ3n) is 7.66. The molecule has 10 N–H and O–H groups in total. The van der Waals surface area contributed by atoms with Gasteiger partial charge in [0.05, 0.1) is 23.8 Å². The molecule has 41 heavy (non-hydrogen) atoms. The van der Waals surface area contributed by atoms with Gasteiger partial charge in [0.2, 0.25) is 0 Å². The molecule has 3 heterocycles. The van der Waals surface area contributed by atoms with E-state index in [1.807, 2.05) is 0 Å². The lowest BCUT2D eigenvalue weighted by Crippen LogP contribution is -2.55. The zero-order valence-electron chi connectivity index (χ0n) is 21.5. The SMILES string of the molecule is CC1OC(c2c(O)c(C3OC(CO)C(O)C(O)C3O)c3oc(-c4ccc(O)cc4)cc(=O)c3c2O)C(O)C(O)C1O. The van der Waals surface area contributed by atoms with Crippen LogP contribution < -0.4 is 5.43 Å². The average molecular weight is 579 g/mol. The van der Waals surface area contributed by atoms with Crippen LogP contribution in [0.25, 0.3) is 22.3 Å². The minimum absolute atomic E-state index is 0.0774. The van der Waals surface area contributed by atoms with Gasteiger partial charge in [0.15, 0.2) is 11.0 Å². The highest BCUT2D eigenvalue weighted by Crippen LogP contribution is 2.50. The number of rotatable bonds is 4. The zero-order valence-corrected chi connectivity index (χ0v) is 21.5. The monoisotopic (exact) mass is 578 g/mol. The van der Waals surface area contributed by atoms with Crippen molar-refractivity contribution in [2.75, 3.05) is 6.61 Å². The molecular weight excluding hydrogens is 548 g/mol. The summed E-state index contributed by atoms with van der Waals surface area (Å²) in [5, 5.41) is 104. The van der Waals surface area contributed by atoms with Gasteiger partial charge in [-0.15, -0.1) is 0 Å². The van der Waals surface area contributed by atoms with E-state index in [1.54, 1.807) is 0 Å². The molecule has 2 aromatic carbocycles. The van der Waals surface area contributed by atoms with Crippen molar-refractivity contribution in [2.24, 2.45) is 0 Å². The van der Waals surface area contributed by atoms with Crippen LogP contribution >= 0.6 is 0 Å². The molecule has 0 aliphatic carbocycles. The van der Waals surface area contributed by atoms with Crippen LogP contribution in [0, 0.1) is 0 Å². The fourth-order valence-corrected chi connectivity index (χ4v) is 5.34. The zero-order chi connectivity index (χ0) is 29.9. The van der Waals surface area contributed by atoms with Crippen LogP contribution in [0.15, 0.2) is 39.5 Å². The van der Waals surface area contributed by atoms with Gasteiger partial charge in [0.25, 0.3) is 0 Å². The first-order chi connectivity index (χ1) is 19.4. The predicted molar refractivity (Wildman–Crippen MR) is 137 cm³/mol. The molecule has 2 saturated heterocycles. The fraction of sp³-hybridized carbons (Fsp3) is 0.444. The van der Waals surface area contributed by atoms with Crippen LogP contribution in [-0.2, 0) is 9.47 Å². The van der Waals surface area contributed by atoms with E-state index >= 15 is 0 Å².